The Labute approximate surface area is 148 Å². The molecule has 1 atom stereocenters. The lowest BCUT2D eigenvalue weighted by Gasteiger charge is -2.35. The van der Waals surface area contributed by atoms with Gasteiger partial charge in [0.25, 0.3) is 0 Å². The molecule has 1 unspecified atom stereocenters. The second-order valence-corrected chi connectivity index (χ2v) is 7.21. The van der Waals surface area contributed by atoms with Gasteiger partial charge in [-0.05, 0) is 44.4 Å². The Morgan fingerprint density at radius 1 is 1.28 bits per heavy atom. The van der Waals surface area contributed by atoms with Crippen LogP contribution < -0.4 is 14.8 Å². The van der Waals surface area contributed by atoms with Gasteiger partial charge in [-0.2, -0.15) is 0 Å². The van der Waals surface area contributed by atoms with Gasteiger partial charge in [-0.3, -0.25) is 9.59 Å². The largest absolute Gasteiger partial charge is 0.454 e. The third kappa shape index (κ3) is 3.72. The van der Waals surface area contributed by atoms with Crippen LogP contribution in [0.15, 0.2) is 18.2 Å². The topological polar surface area (TPSA) is 67.9 Å². The average Bonchev–Trinajstić information content (AvgIpc) is 3.08. The van der Waals surface area contributed by atoms with Gasteiger partial charge in [0.15, 0.2) is 11.5 Å². The number of carbonyl (C=O) groups excluding carboxylic acids is 2. The van der Waals surface area contributed by atoms with Crippen molar-refractivity contribution >= 4 is 11.8 Å². The molecule has 0 spiro atoms. The summed E-state index contributed by atoms with van der Waals surface area (Å²) in [4.78, 5) is 26.5. The van der Waals surface area contributed by atoms with Gasteiger partial charge < -0.3 is 19.7 Å². The minimum atomic E-state index is -0.533. The molecule has 1 fully saturated rings. The Balaban J connectivity index is 1.67. The maximum atomic E-state index is 12.8. The monoisotopic (exact) mass is 346 g/mol. The van der Waals surface area contributed by atoms with E-state index in [2.05, 4.69) is 5.32 Å². The molecule has 6 heteroatoms. The van der Waals surface area contributed by atoms with E-state index < -0.39 is 5.54 Å². The Morgan fingerprint density at radius 3 is 2.80 bits per heavy atom. The van der Waals surface area contributed by atoms with E-state index in [1.165, 1.54) is 0 Å². The van der Waals surface area contributed by atoms with E-state index in [0.717, 1.165) is 30.7 Å². The first kappa shape index (κ1) is 17.6. The van der Waals surface area contributed by atoms with Gasteiger partial charge in [0.05, 0.1) is 11.5 Å². The van der Waals surface area contributed by atoms with E-state index in [4.69, 9.17) is 9.47 Å². The number of amides is 2. The number of piperidine rings is 1. The molecule has 2 heterocycles. The number of nitrogens with one attached hydrogen (secondary N) is 1. The highest BCUT2D eigenvalue weighted by atomic mass is 16.7. The normalized spacial score (nSPS) is 19.6. The highest BCUT2D eigenvalue weighted by molar-refractivity contribution is 5.82. The predicted octanol–water partition coefficient (Wildman–Crippen LogP) is 2.42. The standard InChI is InChI=1S/C19H26N2O4/c1-4-17(22)21-9-5-6-13(11-21)18(23)20-19(2,3)14-7-8-15-16(10-14)25-12-24-15/h7-8,10,13H,4-6,9,11-12H2,1-3H3,(H,20,23). The molecule has 0 aliphatic carbocycles. The molecule has 2 aliphatic rings. The minimum Gasteiger partial charge on any atom is -0.454 e. The van der Waals surface area contributed by atoms with Gasteiger partial charge in [0, 0.05) is 19.5 Å². The van der Waals surface area contributed by atoms with Crippen molar-refractivity contribution < 1.29 is 19.1 Å². The van der Waals surface area contributed by atoms with Crippen LogP contribution in [0, 0.1) is 5.92 Å². The van der Waals surface area contributed by atoms with Crippen molar-refractivity contribution in [1.29, 1.82) is 0 Å². The highest BCUT2D eigenvalue weighted by Gasteiger charge is 2.32. The highest BCUT2D eigenvalue weighted by Crippen LogP contribution is 2.35. The molecule has 1 N–H and O–H groups in total. The average molecular weight is 346 g/mol. The van der Waals surface area contributed by atoms with E-state index in [-0.39, 0.29) is 24.5 Å². The van der Waals surface area contributed by atoms with Crippen molar-refractivity contribution in [2.45, 2.75) is 45.6 Å². The predicted molar refractivity (Wildman–Crippen MR) is 93.3 cm³/mol. The van der Waals surface area contributed by atoms with Gasteiger partial charge in [-0.25, -0.2) is 0 Å². The Kier molecular flexibility index (Phi) is 4.88. The minimum absolute atomic E-state index is 0.00345. The molecule has 1 aromatic carbocycles. The van der Waals surface area contributed by atoms with Crippen LogP contribution in [0.5, 0.6) is 11.5 Å². The number of fused-ring (bicyclic) bond motifs is 1. The fourth-order valence-electron chi connectivity index (χ4n) is 3.41. The van der Waals surface area contributed by atoms with Crippen molar-refractivity contribution in [3.8, 4) is 11.5 Å². The summed E-state index contributed by atoms with van der Waals surface area (Å²) >= 11 is 0. The maximum absolute atomic E-state index is 12.8. The lowest BCUT2D eigenvalue weighted by atomic mass is 9.91. The summed E-state index contributed by atoms with van der Waals surface area (Å²) in [5.74, 6) is 1.39. The van der Waals surface area contributed by atoms with E-state index in [1.54, 1.807) is 4.90 Å². The first-order valence-electron chi connectivity index (χ1n) is 8.90. The van der Waals surface area contributed by atoms with E-state index in [0.29, 0.717) is 18.7 Å². The molecule has 0 saturated carbocycles. The van der Waals surface area contributed by atoms with Crippen LogP contribution in [0.1, 0.15) is 45.6 Å². The molecule has 136 valence electrons. The zero-order valence-corrected chi connectivity index (χ0v) is 15.1. The summed E-state index contributed by atoms with van der Waals surface area (Å²) in [6.45, 7) is 7.29. The molecular formula is C19H26N2O4. The molecular weight excluding hydrogens is 320 g/mol. The molecule has 1 aromatic rings. The molecule has 0 aromatic heterocycles. The zero-order chi connectivity index (χ0) is 18.0. The Morgan fingerprint density at radius 2 is 2.04 bits per heavy atom. The van der Waals surface area contributed by atoms with Crippen LogP contribution in [-0.2, 0) is 15.1 Å². The number of likely N-dealkylation sites (tertiary alicyclic amines) is 1. The molecule has 0 radical (unpaired) electrons. The molecule has 2 aliphatic heterocycles. The van der Waals surface area contributed by atoms with Crippen molar-refractivity contribution in [3.05, 3.63) is 23.8 Å². The fraction of sp³-hybridized carbons (Fsp3) is 0.579. The molecule has 2 amide bonds. The molecule has 25 heavy (non-hydrogen) atoms. The zero-order valence-electron chi connectivity index (χ0n) is 15.1. The van der Waals surface area contributed by atoms with Gasteiger partial charge in [0.2, 0.25) is 18.6 Å². The summed E-state index contributed by atoms with van der Waals surface area (Å²) in [6, 6.07) is 5.73. The van der Waals surface area contributed by atoms with E-state index in [9.17, 15) is 9.59 Å². The molecule has 6 nitrogen and oxygen atoms in total. The first-order valence-corrected chi connectivity index (χ1v) is 8.90. The number of nitrogens with zero attached hydrogens (tertiary/aromatic N) is 1. The van der Waals surface area contributed by atoms with Crippen LogP contribution in [0.4, 0.5) is 0 Å². The quantitative estimate of drug-likeness (QED) is 0.909. The van der Waals surface area contributed by atoms with Crippen molar-refractivity contribution in [2.24, 2.45) is 5.92 Å². The summed E-state index contributed by atoms with van der Waals surface area (Å²) < 4.78 is 10.8. The third-order valence-corrected chi connectivity index (χ3v) is 4.98. The summed E-state index contributed by atoms with van der Waals surface area (Å²) in [5.41, 5.74) is 0.428. The van der Waals surface area contributed by atoms with Crippen molar-refractivity contribution in [3.63, 3.8) is 0 Å². The lowest BCUT2D eigenvalue weighted by molar-refractivity contribution is -0.136. The summed E-state index contributed by atoms with van der Waals surface area (Å²) in [7, 11) is 0. The number of ether oxygens (including phenoxy) is 2. The van der Waals surface area contributed by atoms with Gasteiger partial charge >= 0.3 is 0 Å². The van der Waals surface area contributed by atoms with Crippen LogP contribution >= 0.6 is 0 Å². The SMILES string of the molecule is CCC(=O)N1CCCC(C(=O)NC(C)(C)c2ccc3c(c2)OCO3)C1. The number of benzene rings is 1. The Bertz CT molecular complexity index is 671. The van der Waals surface area contributed by atoms with Gasteiger partial charge in [-0.15, -0.1) is 0 Å². The summed E-state index contributed by atoms with van der Waals surface area (Å²) in [6.07, 6.45) is 2.17. The number of carbonyl (C=O) groups is 2. The number of hydrogen-bond donors (Lipinski definition) is 1. The van der Waals surface area contributed by atoms with E-state index in [1.807, 2.05) is 39.0 Å². The van der Waals surface area contributed by atoms with E-state index >= 15 is 0 Å². The van der Waals surface area contributed by atoms with Crippen molar-refractivity contribution in [2.75, 3.05) is 19.9 Å². The molecule has 0 bridgehead atoms. The number of rotatable bonds is 4. The lowest BCUT2D eigenvalue weighted by Crippen LogP contribution is -2.49. The first-order chi connectivity index (χ1) is 11.9. The van der Waals surface area contributed by atoms with Gasteiger partial charge in [0.1, 0.15) is 0 Å². The number of hydrogen-bond acceptors (Lipinski definition) is 4. The second-order valence-electron chi connectivity index (χ2n) is 7.21. The Hall–Kier alpha value is -2.24. The van der Waals surface area contributed by atoms with Crippen LogP contribution in [0.25, 0.3) is 0 Å². The van der Waals surface area contributed by atoms with Gasteiger partial charge in [-0.1, -0.05) is 13.0 Å². The molecule has 3 rings (SSSR count). The second kappa shape index (κ2) is 6.94. The maximum Gasteiger partial charge on any atom is 0.231 e. The summed E-state index contributed by atoms with van der Waals surface area (Å²) in [5, 5.41) is 3.14. The fourth-order valence-corrected chi connectivity index (χ4v) is 3.41. The van der Waals surface area contributed by atoms with Crippen LogP contribution in [-0.4, -0.2) is 36.6 Å². The smallest absolute Gasteiger partial charge is 0.231 e. The van der Waals surface area contributed by atoms with Crippen LogP contribution in [0.3, 0.4) is 0 Å². The van der Waals surface area contributed by atoms with Crippen LogP contribution in [0.2, 0.25) is 0 Å². The third-order valence-electron chi connectivity index (χ3n) is 4.98. The van der Waals surface area contributed by atoms with Crippen molar-refractivity contribution in [1.82, 2.24) is 10.2 Å². The molecule has 1 saturated heterocycles.